The highest BCUT2D eigenvalue weighted by Gasteiger charge is 2.23. The largest absolute Gasteiger partial charge is 0.494 e. The number of nitrogens with one attached hydrogen (secondary N) is 2. The zero-order valence-corrected chi connectivity index (χ0v) is 22.0. The molecule has 36 heavy (non-hydrogen) atoms. The summed E-state index contributed by atoms with van der Waals surface area (Å²) in [5.74, 6) is 1.70. The SMILES string of the molecule is COc1cc2c(cc1Nc1nccc(Nc3ccccc3P(C)(C)=O)n1)-c1cnn(C)c1CCN2C. The molecule has 1 aliphatic heterocycles. The van der Waals surface area contributed by atoms with Gasteiger partial charge in [-0.15, -0.1) is 0 Å². The van der Waals surface area contributed by atoms with Crippen molar-refractivity contribution < 1.29 is 9.30 Å². The predicted molar refractivity (Wildman–Crippen MR) is 146 cm³/mol. The van der Waals surface area contributed by atoms with E-state index in [1.54, 1.807) is 32.7 Å². The zero-order valence-electron chi connectivity index (χ0n) is 21.1. The van der Waals surface area contributed by atoms with Crippen LogP contribution in [-0.2, 0) is 18.0 Å². The molecule has 3 heterocycles. The third-order valence-electron chi connectivity index (χ3n) is 6.41. The Morgan fingerprint density at radius 3 is 2.61 bits per heavy atom. The minimum Gasteiger partial charge on any atom is -0.494 e. The van der Waals surface area contributed by atoms with E-state index >= 15 is 0 Å². The molecule has 2 aromatic carbocycles. The molecule has 2 aromatic heterocycles. The van der Waals surface area contributed by atoms with Gasteiger partial charge in [-0.05, 0) is 37.6 Å². The maximum atomic E-state index is 12.8. The number of aryl methyl sites for hydroxylation is 1. The maximum absolute atomic E-state index is 12.8. The highest BCUT2D eigenvalue weighted by atomic mass is 31.2. The number of aromatic nitrogens is 4. The highest BCUT2D eigenvalue weighted by Crippen LogP contribution is 2.42. The summed E-state index contributed by atoms with van der Waals surface area (Å²) >= 11 is 0. The monoisotopic (exact) mass is 503 g/mol. The van der Waals surface area contributed by atoms with Crippen molar-refractivity contribution in [2.75, 3.05) is 49.6 Å². The quantitative estimate of drug-likeness (QED) is 0.368. The summed E-state index contributed by atoms with van der Waals surface area (Å²) in [5, 5.41) is 11.9. The van der Waals surface area contributed by atoms with Crippen molar-refractivity contribution in [2.24, 2.45) is 7.05 Å². The van der Waals surface area contributed by atoms with Gasteiger partial charge in [-0.1, -0.05) is 12.1 Å². The van der Waals surface area contributed by atoms with Crippen LogP contribution in [0.2, 0.25) is 0 Å². The van der Waals surface area contributed by atoms with Gasteiger partial charge >= 0.3 is 0 Å². The Kier molecular flexibility index (Phi) is 6.18. The summed E-state index contributed by atoms with van der Waals surface area (Å²) in [4.78, 5) is 11.3. The molecule has 0 saturated carbocycles. The van der Waals surface area contributed by atoms with Crippen LogP contribution in [0.1, 0.15) is 5.69 Å². The van der Waals surface area contributed by atoms with Crippen molar-refractivity contribution in [3.8, 4) is 16.9 Å². The second-order valence-corrected chi connectivity index (χ2v) is 12.4. The second-order valence-electron chi connectivity index (χ2n) is 9.25. The minimum absolute atomic E-state index is 0.417. The maximum Gasteiger partial charge on any atom is 0.229 e. The number of benzene rings is 2. The fraction of sp³-hybridized carbons (Fsp3) is 0.269. The average molecular weight is 504 g/mol. The Labute approximate surface area is 210 Å². The lowest BCUT2D eigenvalue weighted by Gasteiger charge is -2.22. The fourth-order valence-electron chi connectivity index (χ4n) is 4.54. The van der Waals surface area contributed by atoms with Crippen molar-refractivity contribution in [3.05, 3.63) is 60.6 Å². The first kappa shape index (κ1) is 23.9. The number of fused-ring (bicyclic) bond motifs is 3. The molecule has 186 valence electrons. The summed E-state index contributed by atoms with van der Waals surface area (Å²) in [5.41, 5.74) is 5.99. The molecule has 0 spiro atoms. The van der Waals surface area contributed by atoms with E-state index < -0.39 is 7.14 Å². The van der Waals surface area contributed by atoms with Gasteiger partial charge in [-0.25, -0.2) is 4.98 Å². The summed E-state index contributed by atoms with van der Waals surface area (Å²) in [6.07, 6.45) is 4.51. The predicted octanol–water partition coefficient (Wildman–Crippen LogP) is 4.61. The standard InChI is InChI=1S/C26H30N7O2P/c1-32-13-11-21-18(16-28-33(21)2)17-14-20(23(35-3)15-22(17)32)30-26-27-12-10-25(31-26)29-19-8-6-7-9-24(19)36(4,5)34/h6-10,12,14-16H,11,13H2,1-5H3,(H2,27,29,30,31). The Bertz CT molecular complexity index is 1480. The molecule has 0 radical (unpaired) electrons. The summed E-state index contributed by atoms with van der Waals surface area (Å²) < 4.78 is 20.4. The van der Waals surface area contributed by atoms with Gasteiger partial charge in [-0.2, -0.15) is 10.1 Å². The molecule has 9 nitrogen and oxygen atoms in total. The van der Waals surface area contributed by atoms with E-state index in [1.807, 2.05) is 48.3 Å². The highest BCUT2D eigenvalue weighted by molar-refractivity contribution is 7.70. The number of para-hydroxylation sites is 1. The van der Waals surface area contributed by atoms with E-state index in [9.17, 15) is 4.57 Å². The second kappa shape index (κ2) is 9.32. The fourth-order valence-corrected chi connectivity index (χ4v) is 5.70. The van der Waals surface area contributed by atoms with Crippen LogP contribution in [0.15, 0.2) is 54.9 Å². The number of rotatable bonds is 6. The van der Waals surface area contributed by atoms with Gasteiger partial charge in [0.05, 0.1) is 24.7 Å². The summed E-state index contributed by atoms with van der Waals surface area (Å²) in [7, 11) is 3.26. The van der Waals surface area contributed by atoms with Crippen molar-refractivity contribution in [1.29, 1.82) is 0 Å². The van der Waals surface area contributed by atoms with Gasteiger partial charge in [0.1, 0.15) is 18.7 Å². The Morgan fingerprint density at radius 1 is 1.03 bits per heavy atom. The molecule has 0 bridgehead atoms. The van der Waals surface area contributed by atoms with Crippen LogP contribution in [0, 0.1) is 0 Å². The summed E-state index contributed by atoms with van der Waals surface area (Å²) in [6.45, 7) is 4.41. The number of hydrogen-bond donors (Lipinski definition) is 2. The lowest BCUT2D eigenvalue weighted by Crippen LogP contribution is -2.20. The van der Waals surface area contributed by atoms with Crippen molar-refractivity contribution in [2.45, 2.75) is 6.42 Å². The molecule has 0 atom stereocenters. The van der Waals surface area contributed by atoms with Crippen LogP contribution in [0.4, 0.5) is 28.8 Å². The molecule has 1 aliphatic rings. The number of hydrogen-bond acceptors (Lipinski definition) is 8. The molecule has 0 aliphatic carbocycles. The van der Waals surface area contributed by atoms with E-state index in [1.165, 1.54) is 5.69 Å². The molecular weight excluding hydrogens is 473 g/mol. The Hall–Kier alpha value is -3.84. The molecule has 5 rings (SSSR count). The van der Waals surface area contributed by atoms with E-state index in [4.69, 9.17) is 4.74 Å². The number of nitrogens with zero attached hydrogens (tertiary/aromatic N) is 5. The first-order chi connectivity index (χ1) is 17.2. The Balaban J connectivity index is 1.50. The average Bonchev–Trinajstić information content (AvgIpc) is 3.15. The van der Waals surface area contributed by atoms with Crippen LogP contribution in [-0.4, -0.2) is 53.8 Å². The van der Waals surface area contributed by atoms with Crippen molar-refractivity contribution >= 4 is 41.3 Å². The third kappa shape index (κ3) is 4.54. The number of likely N-dealkylation sites (N-methyl/N-ethyl adjacent to an activating group) is 1. The van der Waals surface area contributed by atoms with Gasteiger partial charge in [0.15, 0.2) is 0 Å². The van der Waals surface area contributed by atoms with E-state index in [0.29, 0.717) is 17.5 Å². The molecule has 10 heteroatoms. The van der Waals surface area contributed by atoms with Gasteiger partial charge < -0.3 is 24.8 Å². The van der Waals surface area contributed by atoms with Gasteiger partial charge in [0.25, 0.3) is 0 Å². The molecular formula is C26H30N7O2P. The molecule has 0 saturated heterocycles. The molecule has 4 aromatic rings. The van der Waals surface area contributed by atoms with Crippen molar-refractivity contribution in [1.82, 2.24) is 19.7 Å². The number of methoxy groups -OCH3 is 1. The van der Waals surface area contributed by atoms with E-state index in [2.05, 4.69) is 43.7 Å². The van der Waals surface area contributed by atoms with Crippen LogP contribution in [0.3, 0.4) is 0 Å². The van der Waals surface area contributed by atoms with Gasteiger partial charge in [0.2, 0.25) is 5.95 Å². The molecule has 0 unspecified atom stereocenters. The molecule has 0 fully saturated rings. The normalized spacial score (nSPS) is 13.0. The zero-order chi connectivity index (χ0) is 25.4. The van der Waals surface area contributed by atoms with Gasteiger partial charge in [-0.3, -0.25) is 4.68 Å². The van der Waals surface area contributed by atoms with E-state index in [-0.39, 0.29) is 0 Å². The molecule has 2 N–H and O–H groups in total. The van der Waals surface area contributed by atoms with Crippen LogP contribution in [0.5, 0.6) is 5.75 Å². The lowest BCUT2D eigenvalue weighted by molar-refractivity contribution is 0.417. The van der Waals surface area contributed by atoms with Crippen molar-refractivity contribution in [3.63, 3.8) is 0 Å². The number of ether oxygens (including phenoxy) is 1. The van der Waals surface area contributed by atoms with Crippen LogP contribution >= 0.6 is 7.14 Å². The first-order valence-electron chi connectivity index (χ1n) is 11.7. The van der Waals surface area contributed by atoms with E-state index in [0.717, 1.165) is 46.5 Å². The summed E-state index contributed by atoms with van der Waals surface area (Å²) in [6, 6.07) is 13.5. The Morgan fingerprint density at radius 2 is 1.83 bits per heavy atom. The topological polar surface area (TPSA) is 97.2 Å². The number of anilines is 5. The van der Waals surface area contributed by atoms with Gasteiger partial charge in [0, 0.05) is 67.1 Å². The minimum atomic E-state index is -2.46. The first-order valence-corrected chi connectivity index (χ1v) is 14.3. The van der Waals surface area contributed by atoms with Crippen LogP contribution in [0.25, 0.3) is 11.1 Å². The van der Waals surface area contributed by atoms with Crippen LogP contribution < -0.4 is 25.6 Å². The third-order valence-corrected chi connectivity index (χ3v) is 7.96. The molecule has 0 amide bonds. The lowest BCUT2D eigenvalue weighted by atomic mass is 10.0. The smallest absolute Gasteiger partial charge is 0.229 e.